The summed E-state index contributed by atoms with van der Waals surface area (Å²) in [5.41, 5.74) is 1.30. The molecule has 0 aliphatic heterocycles. The first-order valence-corrected chi connectivity index (χ1v) is 6.27. The number of aromatic nitrogens is 2. The molecule has 1 heterocycles. The molecule has 1 atom stereocenters. The second-order valence-corrected chi connectivity index (χ2v) is 4.71. The van der Waals surface area contributed by atoms with E-state index < -0.39 is 6.10 Å². The highest BCUT2D eigenvalue weighted by Crippen LogP contribution is 2.26. The molecule has 94 valence electrons. The van der Waals surface area contributed by atoms with Gasteiger partial charge in [-0.05, 0) is 17.7 Å². The molecule has 0 unspecified atom stereocenters. The fourth-order valence-corrected chi connectivity index (χ4v) is 2.18. The van der Waals surface area contributed by atoms with Crippen LogP contribution in [0.15, 0.2) is 54.7 Å². The second-order valence-electron chi connectivity index (χ2n) is 4.27. The standard InChI is InChI=1S/C15H11ClN2O/c16-12-7-5-10(6-8-12)15(19)14-13-4-2-1-3-11(13)9-17-18-14/h1-9,15,19H/t15-/m1/s1. The number of hydrogen-bond acceptors (Lipinski definition) is 3. The van der Waals surface area contributed by atoms with Crippen molar-refractivity contribution in [1.82, 2.24) is 10.2 Å². The van der Waals surface area contributed by atoms with E-state index in [4.69, 9.17) is 11.6 Å². The summed E-state index contributed by atoms with van der Waals surface area (Å²) in [6, 6.07) is 14.8. The van der Waals surface area contributed by atoms with E-state index in [9.17, 15) is 5.11 Å². The van der Waals surface area contributed by atoms with Gasteiger partial charge in [0.05, 0.1) is 6.20 Å². The summed E-state index contributed by atoms with van der Waals surface area (Å²) in [6.45, 7) is 0. The lowest BCUT2D eigenvalue weighted by Crippen LogP contribution is -2.04. The minimum Gasteiger partial charge on any atom is -0.382 e. The Labute approximate surface area is 115 Å². The van der Waals surface area contributed by atoms with Gasteiger partial charge in [-0.3, -0.25) is 0 Å². The summed E-state index contributed by atoms with van der Waals surface area (Å²) in [5, 5.41) is 20.9. The van der Waals surface area contributed by atoms with Gasteiger partial charge in [-0.15, -0.1) is 0 Å². The van der Waals surface area contributed by atoms with E-state index in [2.05, 4.69) is 10.2 Å². The van der Waals surface area contributed by atoms with Crippen molar-refractivity contribution in [2.24, 2.45) is 0 Å². The molecule has 1 N–H and O–H groups in total. The van der Waals surface area contributed by atoms with Gasteiger partial charge in [0, 0.05) is 15.8 Å². The van der Waals surface area contributed by atoms with E-state index in [0.29, 0.717) is 10.7 Å². The van der Waals surface area contributed by atoms with Crippen LogP contribution in [0.1, 0.15) is 17.4 Å². The molecule has 3 aromatic rings. The molecule has 0 saturated carbocycles. The number of fused-ring (bicyclic) bond motifs is 1. The quantitative estimate of drug-likeness (QED) is 0.777. The summed E-state index contributed by atoms with van der Waals surface area (Å²) in [6.07, 6.45) is 0.879. The Bertz CT molecular complexity index is 707. The molecular formula is C15H11ClN2O. The fraction of sp³-hybridized carbons (Fsp3) is 0.0667. The predicted molar refractivity (Wildman–Crippen MR) is 75.1 cm³/mol. The van der Waals surface area contributed by atoms with Gasteiger partial charge >= 0.3 is 0 Å². The number of aliphatic hydroxyl groups is 1. The molecule has 3 nitrogen and oxygen atoms in total. The van der Waals surface area contributed by atoms with Crippen LogP contribution in [0.3, 0.4) is 0 Å². The molecule has 4 heteroatoms. The minimum absolute atomic E-state index is 0.556. The third kappa shape index (κ3) is 2.30. The van der Waals surface area contributed by atoms with Crippen molar-refractivity contribution in [3.05, 3.63) is 71.0 Å². The van der Waals surface area contributed by atoms with Crippen molar-refractivity contribution in [2.75, 3.05) is 0 Å². The van der Waals surface area contributed by atoms with Crippen LogP contribution in [-0.4, -0.2) is 15.3 Å². The smallest absolute Gasteiger partial charge is 0.123 e. The lowest BCUT2D eigenvalue weighted by Gasteiger charge is -2.12. The molecule has 19 heavy (non-hydrogen) atoms. The normalized spacial score (nSPS) is 12.5. The van der Waals surface area contributed by atoms with Gasteiger partial charge in [-0.2, -0.15) is 10.2 Å². The van der Waals surface area contributed by atoms with Crippen molar-refractivity contribution in [2.45, 2.75) is 6.10 Å². The maximum atomic E-state index is 10.4. The molecule has 0 amide bonds. The number of benzene rings is 2. The summed E-state index contributed by atoms with van der Waals surface area (Å²) in [5.74, 6) is 0. The van der Waals surface area contributed by atoms with Crippen molar-refractivity contribution >= 4 is 22.4 Å². The van der Waals surface area contributed by atoms with Crippen LogP contribution in [-0.2, 0) is 0 Å². The molecule has 0 bridgehead atoms. The summed E-state index contributed by atoms with van der Waals surface area (Å²) >= 11 is 5.85. The van der Waals surface area contributed by atoms with Gasteiger partial charge in [-0.25, -0.2) is 0 Å². The van der Waals surface area contributed by atoms with Gasteiger partial charge in [-0.1, -0.05) is 48.0 Å². The first kappa shape index (κ1) is 12.1. The Morgan fingerprint density at radius 3 is 2.53 bits per heavy atom. The highest BCUT2D eigenvalue weighted by atomic mass is 35.5. The van der Waals surface area contributed by atoms with E-state index in [-0.39, 0.29) is 0 Å². The SMILES string of the molecule is O[C@H](c1ccc(Cl)cc1)c1nncc2ccccc12. The lowest BCUT2D eigenvalue weighted by atomic mass is 10.0. The molecule has 0 spiro atoms. The molecule has 0 radical (unpaired) electrons. The third-order valence-corrected chi connectivity index (χ3v) is 3.30. The average Bonchev–Trinajstić information content (AvgIpc) is 2.47. The second kappa shape index (κ2) is 4.96. The Morgan fingerprint density at radius 2 is 1.74 bits per heavy atom. The van der Waals surface area contributed by atoms with Crippen LogP contribution in [0.4, 0.5) is 0 Å². The lowest BCUT2D eigenvalue weighted by molar-refractivity contribution is 0.216. The number of aliphatic hydroxyl groups excluding tert-OH is 1. The van der Waals surface area contributed by atoms with Crippen LogP contribution in [0.2, 0.25) is 5.02 Å². The van der Waals surface area contributed by atoms with Gasteiger partial charge in [0.25, 0.3) is 0 Å². The van der Waals surface area contributed by atoms with Crippen LogP contribution < -0.4 is 0 Å². The van der Waals surface area contributed by atoms with E-state index in [1.807, 2.05) is 24.3 Å². The Morgan fingerprint density at radius 1 is 1.00 bits per heavy atom. The van der Waals surface area contributed by atoms with Gasteiger partial charge < -0.3 is 5.11 Å². The molecule has 3 rings (SSSR count). The van der Waals surface area contributed by atoms with Gasteiger partial charge in [0.2, 0.25) is 0 Å². The van der Waals surface area contributed by atoms with Crippen LogP contribution >= 0.6 is 11.6 Å². The predicted octanol–water partition coefficient (Wildman–Crippen LogP) is 3.36. The number of hydrogen-bond donors (Lipinski definition) is 1. The zero-order valence-corrected chi connectivity index (χ0v) is 10.7. The number of nitrogens with zero attached hydrogens (tertiary/aromatic N) is 2. The monoisotopic (exact) mass is 270 g/mol. The van der Waals surface area contributed by atoms with Crippen molar-refractivity contribution in [3.8, 4) is 0 Å². The Hall–Kier alpha value is -1.97. The third-order valence-electron chi connectivity index (χ3n) is 3.04. The molecular weight excluding hydrogens is 260 g/mol. The van der Waals surface area contributed by atoms with E-state index >= 15 is 0 Å². The number of halogens is 1. The molecule has 0 aliphatic rings. The van der Waals surface area contributed by atoms with Crippen molar-refractivity contribution < 1.29 is 5.11 Å². The zero-order chi connectivity index (χ0) is 13.2. The summed E-state index contributed by atoms with van der Waals surface area (Å²) in [7, 11) is 0. The summed E-state index contributed by atoms with van der Waals surface area (Å²) < 4.78 is 0. The maximum absolute atomic E-state index is 10.4. The molecule has 0 aliphatic carbocycles. The topological polar surface area (TPSA) is 46.0 Å². The van der Waals surface area contributed by atoms with Crippen molar-refractivity contribution in [1.29, 1.82) is 0 Å². The van der Waals surface area contributed by atoms with Gasteiger partial charge in [0.15, 0.2) is 0 Å². The van der Waals surface area contributed by atoms with Gasteiger partial charge in [0.1, 0.15) is 11.8 Å². The first-order chi connectivity index (χ1) is 9.25. The van der Waals surface area contributed by atoms with Crippen molar-refractivity contribution in [3.63, 3.8) is 0 Å². The molecule has 0 saturated heterocycles. The largest absolute Gasteiger partial charge is 0.382 e. The first-order valence-electron chi connectivity index (χ1n) is 5.89. The van der Waals surface area contributed by atoms with Crippen LogP contribution in [0, 0.1) is 0 Å². The van der Waals surface area contributed by atoms with Crippen LogP contribution in [0.5, 0.6) is 0 Å². The Kier molecular flexibility index (Phi) is 3.15. The molecule has 2 aromatic carbocycles. The van der Waals surface area contributed by atoms with E-state index in [1.165, 1.54) is 0 Å². The zero-order valence-electron chi connectivity index (χ0n) is 9.99. The fourth-order valence-electron chi connectivity index (χ4n) is 2.05. The summed E-state index contributed by atoms with van der Waals surface area (Å²) in [4.78, 5) is 0. The molecule has 0 fully saturated rings. The molecule has 1 aromatic heterocycles. The maximum Gasteiger partial charge on any atom is 0.123 e. The Balaban J connectivity index is 2.11. The van der Waals surface area contributed by atoms with Crippen LogP contribution in [0.25, 0.3) is 10.8 Å². The van der Waals surface area contributed by atoms with E-state index in [1.54, 1.807) is 30.5 Å². The number of rotatable bonds is 2. The minimum atomic E-state index is -0.809. The highest BCUT2D eigenvalue weighted by molar-refractivity contribution is 6.30. The highest BCUT2D eigenvalue weighted by Gasteiger charge is 2.15. The van der Waals surface area contributed by atoms with E-state index in [0.717, 1.165) is 16.3 Å². The average molecular weight is 271 g/mol.